The van der Waals surface area contributed by atoms with Gasteiger partial charge in [-0.3, -0.25) is 4.79 Å². The Morgan fingerprint density at radius 2 is 2.21 bits per heavy atom. The van der Waals surface area contributed by atoms with E-state index >= 15 is 0 Å². The van der Waals surface area contributed by atoms with Crippen LogP contribution in [-0.4, -0.2) is 36.6 Å². The standard InChI is InChI=1S/C14H16N2O3/c1-4-19-13-8-10(5-6-12(13)17)7-11(9-15)14(18)16(2)3/h5-8,17H,4H2,1-3H3/b11-7-. The quantitative estimate of drug-likeness (QED) is 0.661. The van der Waals surface area contributed by atoms with Crippen molar-refractivity contribution in [2.75, 3.05) is 20.7 Å². The number of likely N-dealkylation sites (N-methyl/N-ethyl adjacent to an activating group) is 1. The molecule has 0 radical (unpaired) electrons. The maximum Gasteiger partial charge on any atom is 0.264 e. The smallest absolute Gasteiger partial charge is 0.264 e. The predicted molar refractivity (Wildman–Crippen MR) is 71.6 cm³/mol. The Morgan fingerprint density at radius 3 is 2.74 bits per heavy atom. The van der Waals surface area contributed by atoms with E-state index < -0.39 is 0 Å². The molecule has 1 rings (SSSR count). The molecule has 5 heteroatoms. The number of aromatic hydroxyl groups is 1. The zero-order valence-corrected chi connectivity index (χ0v) is 11.2. The summed E-state index contributed by atoms with van der Waals surface area (Å²) in [4.78, 5) is 13.0. The monoisotopic (exact) mass is 260 g/mol. The normalized spacial score (nSPS) is 10.7. The van der Waals surface area contributed by atoms with Gasteiger partial charge in [0.05, 0.1) is 6.61 Å². The SMILES string of the molecule is CCOc1cc(/C=C(/C#N)C(=O)N(C)C)ccc1O. The Morgan fingerprint density at radius 1 is 1.53 bits per heavy atom. The molecule has 0 saturated heterocycles. The van der Waals surface area contributed by atoms with Gasteiger partial charge in [-0.2, -0.15) is 5.26 Å². The van der Waals surface area contributed by atoms with E-state index in [0.29, 0.717) is 17.9 Å². The Kier molecular flexibility index (Phi) is 4.95. The van der Waals surface area contributed by atoms with Crippen LogP contribution in [-0.2, 0) is 4.79 Å². The highest BCUT2D eigenvalue weighted by molar-refractivity contribution is 6.01. The van der Waals surface area contributed by atoms with E-state index in [1.54, 1.807) is 33.2 Å². The second-order valence-corrected chi connectivity index (χ2v) is 4.03. The molecule has 0 aromatic heterocycles. The molecule has 0 spiro atoms. The summed E-state index contributed by atoms with van der Waals surface area (Å²) in [6, 6.07) is 6.52. The summed E-state index contributed by atoms with van der Waals surface area (Å²) >= 11 is 0. The Bertz CT molecular complexity index is 542. The lowest BCUT2D eigenvalue weighted by molar-refractivity contribution is -0.124. The molecule has 0 fully saturated rings. The van der Waals surface area contributed by atoms with Crippen molar-refractivity contribution >= 4 is 12.0 Å². The average Bonchev–Trinajstić information content (AvgIpc) is 2.39. The molecule has 0 aliphatic heterocycles. The van der Waals surface area contributed by atoms with E-state index in [-0.39, 0.29) is 17.2 Å². The molecule has 5 nitrogen and oxygen atoms in total. The van der Waals surface area contributed by atoms with Crippen molar-refractivity contribution in [2.45, 2.75) is 6.92 Å². The molecule has 0 heterocycles. The van der Waals surface area contributed by atoms with E-state index in [2.05, 4.69) is 0 Å². The first-order chi connectivity index (χ1) is 8.99. The fourth-order valence-electron chi connectivity index (χ4n) is 1.44. The van der Waals surface area contributed by atoms with Gasteiger partial charge in [0.15, 0.2) is 11.5 Å². The summed E-state index contributed by atoms with van der Waals surface area (Å²) in [6.07, 6.45) is 1.46. The first-order valence-corrected chi connectivity index (χ1v) is 5.78. The van der Waals surface area contributed by atoms with Crippen LogP contribution in [0.15, 0.2) is 23.8 Å². The molecule has 0 aliphatic rings. The molecule has 0 aliphatic carbocycles. The van der Waals surface area contributed by atoms with Gasteiger partial charge in [0.25, 0.3) is 5.91 Å². The predicted octanol–water partition coefficient (Wildman–Crippen LogP) is 1.79. The van der Waals surface area contributed by atoms with E-state index in [1.807, 2.05) is 6.07 Å². The van der Waals surface area contributed by atoms with Gasteiger partial charge in [-0.15, -0.1) is 0 Å². The van der Waals surface area contributed by atoms with Gasteiger partial charge in [0, 0.05) is 14.1 Å². The topological polar surface area (TPSA) is 73.6 Å². The summed E-state index contributed by atoms with van der Waals surface area (Å²) in [5, 5.41) is 18.6. The minimum absolute atomic E-state index is 0.0245. The molecule has 100 valence electrons. The molecule has 1 amide bonds. The van der Waals surface area contributed by atoms with E-state index in [4.69, 9.17) is 10.00 Å². The van der Waals surface area contributed by atoms with Crippen LogP contribution in [0, 0.1) is 11.3 Å². The van der Waals surface area contributed by atoms with Crippen LogP contribution in [0.4, 0.5) is 0 Å². The number of hydrogen-bond acceptors (Lipinski definition) is 4. The van der Waals surface area contributed by atoms with Crippen LogP contribution >= 0.6 is 0 Å². The lowest BCUT2D eigenvalue weighted by Crippen LogP contribution is -2.22. The third-order valence-electron chi connectivity index (χ3n) is 2.35. The maximum absolute atomic E-state index is 11.7. The van der Waals surface area contributed by atoms with Crippen LogP contribution in [0.2, 0.25) is 0 Å². The molecular weight excluding hydrogens is 244 g/mol. The van der Waals surface area contributed by atoms with Crippen molar-refractivity contribution in [2.24, 2.45) is 0 Å². The fourth-order valence-corrected chi connectivity index (χ4v) is 1.44. The minimum Gasteiger partial charge on any atom is -0.504 e. The van der Waals surface area contributed by atoms with E-state index in [0.717, 1.165) is 0 Å². The maximum atomic E-state index is 11.7. The molecule has 1 N–H and O–H groups in total. The van der Waals surface area contributed by atoms with Gasteiger partial charge in [-0.1, -0.05) is 6.07 Å². The highest BCUT2D eigenvalue weighted by Gasteiger charge is 2.11. The zero-order valence-electron chi connectivity index (χ0n) is 11.2. The van der Waals surface area contributed by atoms with E-state index in [1.165, 1.54) is 17.0 Å². The molecule has 0 unspecified atom stereocenters. The highest BCUT2D eigenvalue weighted by atomic mass is 16.5. The van der Waals surface area contributed by atoms with Gasteiger partial charge in [-0.25, -0.2) is 0 Å². The van der Waals surface area contributed by atoms with Crippen molar-refractivity contribution in [3.05, 3.63) is 29.3 Å². The van der Waals surface area contributed by atoms with Gasteiger partial charge < -0.3 is 14.7 Å². The Hall–Kier alpha value is -2.48. The average molecular weight is 260 g/mol. The number of phenolic OH excluding ortho intramolecular Hbond substituents is 1. The molecule has 0 atom stereocenters. The van der Waals surface area contributed by atoms with Crippen LogP contribution in [0.25, 0.3) is 6.08 Å². The first-order valence-electron chi connectivity index (χ1n) is 5.78. The fraction of sp³-hybridized carbons (Fsp3) is 0.286. The molecule has 0 saturated carbocycles. The molecular formula is C14H16N2O3. The first kappa shape index (κ1) is 14.6. The van der Waals surface area contributed by atoms with Gasteiger partial charge in [0.1, 0.15) is 11.6 Å². The summed E-state index contributed by atoms with van der Waals surface area (Å²) in [5.74, 6) is -0.0178. The second-order valence-electron chi connectivity index (χ2n) is 4.03. The zero-order chi connectivity index (χ0) is 14.4. The van der Waals surface area contributed by atoms with Crippen LogP contribution in [0.5, 0.6) is 11.5 Å². The van der Waals surface area contributed by atoms with Gasteiger partial charge >= 0.3 is 0 Å². The van der Waals surface area contributed by atoms with Crippen molar-refractivity contribution in [1.82, 2.24) is 4.90 Å². The summed E-state index contributed by atoms with van der Waals surface area (Å²) in [6.45, 7) is 2.22. The van der Waals surface area contributed by atoms with E-state index in [9.17, 15) is 9.90 Å². The number of nitrogens with zero attached hydrogens (tertiary/aromatic N) is 2. The van der Waals surface area contributed by atoms with Crippen LogP contribution in [0.1, 0.15) is 12.5 Å². The number of nitriles is 1. The second kappa shape index (κ2) is 6.45. The molecule has 19 heavy (non-hydrogen) atoms. The molecule has 1 aromatic rings. The third-order valence-corrected chi connectivity index (χ3v) is 2.35. The largest absolute Gasteiger partial charge is 0.504 e. The molecule has 1 aromatic carbocycles. The van der Waals surface area contributed by atoms with Crippen molar-refractivity contribution in [3.63, 3.8) is 0 Å². The van der Waals surface area contributed by atoms with Crippen molar-refractivity contribution in [3.8, 4) is 17.6 Å². The highest BCUT2D eigenvalue weighted by Crippen LogP contribution is 2.27. The van der Waals surface area contributed by atoms with Gasteiger partial charge in [0.2, 0.25) is 0 Å². The number of carbonyl (C=O) groups is 1. The number of phenols is 1. The number of ether oxygens (including phenoxy) is 1. The number of amides is 1. The van der Waals surface area contributed by atoms with Crippen LogP contribution in [0.3, 0.4) is 0 Å². The Labute approximate surface area is 112 Å². The number of rotatable bonds is 4. The third kappa shape index (κ3) is 3.75. The summed E-state index contributed by atoms with van der Waals surface area (Å²) < 4.78 is 5.24. The summed E-state index contributed by atoms with van der Waals surface area (Å²) in [5.41, 5.74) is 0.645. The van der Waals surface area contributed by atoms with Gasteiger partial charge in [-0.05, 0) is 30.7 Å². The number of benzene rings is 1. The van der Waals surface area contributed by atoms with Crippen LogP contribution < -0.4 is 4.74 Å². The number of carbonyl (C=O) groups excluding carboxylic acids is 1. The Balaban J connectivity index is 3.13. The molecule has 0 bridgehead atoms. The summed E-state index contributed by atoms with van der Waals surface area (Å²) in [7, 11) is 3.16. The lowest BCUT2D eigenvalue weighted by atomic mass is 10.1. The van der Waals surface area contributed by atoms with Crippen molar-refractivity contribution in [1.29, 1.82) is 5.26 Å². The lowest BCUT2D eigenvalue weighted by Gasteiger charge is -2.09. The van der Waals surface area contributed by atoms with Crippen molar-refractivity contribution < 1.29 is 14.6 Å². The number of hydrogen-bond donors (Lipinski definition) is 1. The minimum atomic E-state index is -0.367.